The maximum atomic E-state index is 11.2. The van der Waals surface area contributed by atoms with E-state index in [2.05, 4.69) is 4.99 Å². The molecule has 0 atom stereocenters. The molecule has 16 heavy (non-hydrogen) atoms. The van der Waals surface area contributed by atoms with Crippen LogP contribution in [0.4, 0.5) is 4.79 Å². The van der Waals surface area contributed by atoms with Crippen LogP contribution in [0, 0.1) is 5.92 Å². The van der Waals surface area contributed by atoms with E-state index in [0.717, 1.165) is 12.8 Å². The predicted octanol–water partition coefficient (Wildman–Crippen LogP) is 2.00. The number of hydrogen-bond donors (Lipinski definition) is 0. The van der Waals surface area contributed by atoms with Crippen molar-refractivity contribution in [3.8, 4) is 0 Å². The molecule has 1 amide bonds. The van der Waals surface area contributed by atoms with Gasteiger partial charge in [0.05, 0.1) is 13.2 Å². The highest BCUT2D eigenvalue weighted by Crippen LogP contribution is 2.17. The van der Waals surface area contributed by atoms with Gasteiger partial charge in [-0.1, -0.05) is 0 Å². The van der Waals surface area contributed by atoms with E-state index in [1.54, 1.807) is 6.92 Å². The van der Waals surface area contributed by atoms with Crippen molar-refractivity contribution in [1.82, 2.24) is 0 Å². The first-order chi connectivity index (χ1) is 7.77. The molecule has 5 nitrogen and oxygen atoms in total. The van der Waals surface area contributed by atoms with E-state index in [0.29, 0.717) is 32.3 Å². The molecule has 1 aliphatic rings. The molecule has 0 aromatic rings. The molecule has 1 rings (SSSR count). The van der Waals surface area contributed by atoms with E-state index in [1.807, 2.05) is 6.92 Å². The summed E-state index contributed by atoms with van der Waals surface area (Å²) in [6.45, 7) is 5.85. The standard InChI is InChI=1S/C11H19NO4/c1-3-15-10(12-11(13)16-4-2)9-5-7-14-8-6-9/h9H,3-8H2,1-2H3. The number of nitrogens with zero attached hydrogens (tertiary/aromatic N) is 1. The third-order valence-corrected chi connectivity index (χ3v) is 2.33. The second kappa shape index (κ2) is 7.22. The van der Waals surface area contributed by atoms with Gasteiger partial charge < -0.3 is 14.2 Å². The second-order valence-corrected chi connectivity index (χ2v) is 3.47. The maximum Gasteiger partial charge on any atom is 0.436 e. The van der Waals surface area contributed by atoms with Crippen LogP contribution in [0.15, 0.2) is 4.99 Å². The van der Waals surface area contributed by atoms with Crippen LogP contribution in [0.5, 0.6) is 0 Å². The average Bonchev–Trinajstić information content (AvgIpc) is 2.30. The Balaban J connectivity index is 2.60. The summed E-state index contributed by atoms with van der Waals surface area (Å²) in [4.78, 5) is 15.1. The molecule has 0 bridgehead atoms. The summed E-state index contributed by atoms with van der Waals surface area (Å²) in [5.41, 5.74) is 0. The lowest BCUT2D eigenvalue weighted by molar-refractivity contribution is 0.0758. The SMILES string of the molecule is CCOC(=O)N=C(OCC)C1CCOCC1. The molecule has 5 heteroatoms. The summed E-state index contributed by atoms with van der Waals surface area (Å²) >= 11 is 0. The van der Waals surface area contributed by atoms with Crippen LogP contribution in [0.3, 0.4) is 0 Å². The number of amides is 1. The molecule has 1 fully saturated rings. The van der Waals surface area contributed by atoms with Gasteiger partial charge in [0.1, 0.15) is 0 Å². The Bertz CT molecular complexity index is 246. The molecule has 1 heterocycles. The largest absolute Gasteiger partial charge is 0.481 e. The van der Waals surface area contributed by atoms with Gasteiger partial charge in [-0.05, 0) is 26.7 Å². The summed E-state index contributed by atoms with van der Waals surface area (Å²) in [6.07, 6.45) is 1.12. The van der Waals surface area contributed by atoms with E-state index in [1.165, 1.54) is 0 Å². The molecule has 92 valence electrons. The predicted molar refractivity (Wildman–Crippen MR) is 59.6 cm³/mol. The van der Waals surface area contributed by atoms with Gasteiger partial charge in [0, 0.05) is 19.1 Å². The molecule has 0 unspecified atom stereocenters. The molecular weight excluding hydrogens is 210 g/mol. The lowest BCUT2D eigenvalue weighted by Gasteiger charge is -2.22. The van der Waals surface area contributed by atoms with Gasteiger partial charge in [-0.2, -0.15) is 0 Å². The third-order valence-electron chi connectivity index (χ3n) is 2.33. The molecule has 1 saturated heterocycles. The quantitative estimate of drug-likeness (QED) is 0.548. The van der Waals surface area contributed by atoms with E-state index < -0.39 is 6.09 Å². The normalized spacial score (nSPS) is 18.2. The summed E-state index contributed by atoms with van der Waals surface area (Å²) in [6, 6.07) is 0. The van der Waals surface area contributed by atoms with Crippen molar-refractivity contribution in [2.24, 2.45) is 10.9 Å². The molecule has 0 saturated carbocycles. The fourth-order valence-corrected chi connectivity index (χ4v) is 1.58. The highest BCUT2D eigenvalue weighted by molar-refractivity contribution is 5.89. The summed E-state index contributed by atoms with van der Waals surface area (Å²) in [7, 11) is 0. The van der Waals surface area contributed by atoms with Crippen molar-refractivity contribution < 1.29 is 19.0 Å². The number of hydrogen-bond acceptors (Lipinski definition) is 4. The monoisotopic (exact) mass is 229 g/mol. The molecule has 0 spiro atoms. The molecular formula is C11H19NO4. The Hall–Kier alpha value is -1.10. The summed E-state index contributed by atoms with van der Waals surface area (Å²) < 4.78 is 15.4. The first kappa shape index (κ1) is 13.0. The highest BCUT2D eigenvalue weighted by atomic mass is 16.6. The van der Waals surface area contributed by atoms with Crippen molar-refractivity contribution >= 4 is 12.0 Å². The molecule has 0 N–H and O–H groups in total. The summed E-state index contributed by atoms with van der Waals surface area (Å²) in [5, 5.41) is 0. The van der Waals surface area contributed by atoms with Gasteiger partial charge in [0.25, 0.3) is 0 Å². The van der Waals surface area contributed by atoms with Crippen LogP contribution in [0.2, 0.25) is 0 Å². The van der Waals surface area contributed by atoms with E-state index in [9.17, 15) is 4.79 Å². The Labute approximate surface area is 95.8 Å². The van der Waals surface area contributed by atoms with Crippen LogP contribution in [0.25, 0.3) is 0 Å². The Morgan fingerprint density at radius 2 is 1.88 bits per heavy atom. The van der Waals surface area contributed by atoms with Crippen molar-refractivity contribution in [1.29, 1.82) is 0 Å². The molecule has 0 radical (unpaired) electrons. The maximum absolute atomic E-state index is 11.2. The summed E-state index contributed by atoms with van der Waals surface area (Å²) in [5.74, 6) is 0.669. The average molecular weight is 229 g/mol. The lowest BCUT2D eigenvalue weighted by Crippen LogP contribution is -2.26. The third kappa shape index (κ3) is 4.18. The number of ether oxygens (including phenoxy) is 3. The second-order valence-electron chi connectivity index (χ2n) is 3.47. The lowest BCUT2D eigenvalue weighted by atomic mass is 10.0. The smallest absolute Gasteiger partial charge is 0.436 e. The van der Waals surface area contributed by atoms with Crippen LogP contribution in [-0.2, 0) is 14.2 Å². The zero-order valence-electron chi connectivity index (χ0n) is 9.90. The molecule has 1 aliphatic heterocycles. The van der Waals surface area contributed by atoms with Crippen molar-refractivity contribution in [3.63, 3.8) is 0 Å². The Kier molecular flexibility index (Phi) is 5.85. The molecule has 0 aromatic carbocycles. The zero-order chi connectivity index (χ0) is 11.8. The fraction of sp³-hybridized carbons (Fsp3) is 0.818. The fourth-order valence-electron chi connectivity index (χ4n) is 1.58. The minimum atomic E-state index is -0.572. The minimum absolute atomic E-state index is 0.179. The minimum Gasteiger partial charge on any atom is -0.481 e. The topological polar surface area (TPSA) is 57.1 Å². The van der Waals surface area contributed by atoms with Gasteiger partial charge in [-0.15, -0.1) is 4.99 Å². The van der Waals surface area contributed by atoms with Crippen molar-refractivity contribution in [2.75, 3.05) is 26.4 Å². The number of carbonyl (C=O) groups is 1. The Morgan fingerprint density at radius 1 is 1.25 bits per heavy atom. The van der Waals surface area contributed by atoms with Crippen molar-refractivity contribution in [2.45, 2.75) is 26.7 Å². The van der Waals surface area contributed by atoms with Crippen LogP contribution < -0.4 is 0 Å². The van der Waals surface area contributed by atoms with E-state index in [4.69, 9.17) is 14.2 Å². The number of rotatable bonds is 3. The van der Waals surface area contributed by atoms with Crippen molar-refractivity contribution in [3.05, 3.63) is 0 Å². The van der Waals surface area contributed by atoms with Gasteiger partial charge >= 0.3 is 6.09 Å². The van der Waals surface area contributed by atoms with Crippen LogP contribution >= 0.6 is 0 Å². The molecule has 0 aromatic heterocycles. The van der Waals surface area contributed by atoms with E-state index in [-0.39, 0.29) is 5.92 Å². The van der Waals surface area contributed by atoms with Crippen LogP contribution in [-0.4, -0.2) is 38.4 Å². The zero-order valence-corrected chi connectivity index (χ0v) is 9.90. The van der Waals surface area contributed by atoms with Crippen LogP contribution in [0.1, 0.15) is 26.7 Å². The first-order valence-corrected chi connectivity index (χ1v) is 5.73. The highest BCUT2D eigenvalue weighted by Gasteiger charge is 2.22. The van der Waals surface area contributed by atoms with Gasteiger partial charge in [-0.3, -0.25) is 0 Å². The van der Waals surface area contributed by atoms with Gasteiger partial charge in [0.2, 0.25) is 0 Å². The van der Waals surface area contributed by atoms with E-state index >= 15 is 0 Å². The molecule has 0 aliphatic carbocycles. The number of carbonyl (C=O) groups excluding carboxylic acids is 1. The number of aliphatic imine (C=N–C) groups is 1. The first-order valence-electron chi connectivity index (χ1n) is 5.73. The Morgan fingerprint density at radius 3 is 2.44 bits per heavy atom. The van der Waals surface area contributed by atoms with Gasteiger partial charge in [0.15, 0.2) is 5.90 Å². The van der Waals surface area contributed by atoms with Gasteiger partial charge in [-0.25, -0.2) is 4.79 Å².